The Morgan fingerprint density at radius 2 is 2.02 bits per heavy atom. The number of carboxylic acids is 1. The van der Waals surface area contributed by atoms with Crippen molar-refractivity contribution in [1.82, 2.24) is 30.7 Å². The van der Waals surface area contributed by atoms with Gasteiger partial charge in [0.05, 0.1) is 12.1 Å². The third-order valence-corrected chi connectivity index (χ3v) is 9.61. The van der Waals surface area contributed by atoms with Crippen LogP contribution in [-0.4, -0.2) is 84.9 Å². The van der Waals surface area contributed by atoms with E-state index in [1.165, 1.54) is 16.2 Å². The van der Waals surface area contributed by atoms with Crippen molar-refractivity contribution in [2.24, 2.45) is 5.92 Å². The van der Waals surface area contributed by atoms with Gasteiger partial charge in [-0.2, -0.15) is 4.98 Å². The van der Waals surface area contributed by atoms with Gasteiger partial charge in [-0.15, -0.1) is 11.3 Å². The van der Waals surface area contributed by atoms with E-state index < -0.39 is 53.2 Å². The molecular formula is C33H40N6O8S. The van der Waals surface area contributed by atoms with E-state index in [4.69, 9.17) is 14.0 Å². The fourth-order valence-corrected chi connectivity index (χ4v) is 7.02. The Morgan fingerprint density at radius 3 is 2.75 bits per heavy atom. The van der Waals surface area contributed by atoms with Crippen LogP contribution in [0.25, 0.3) is 21.7 Å². The number of aromatic nitrogens is 3. The lowest BCUT2D eigenvalue weighted by molar-refractivity contribution is -0.145. The van der Waals surface area contributed by atoms with Crippen LogP contribution in [0.3, 0.4) is 0 Å². The SMILES string of the molecule is Cc1cc(-c2nc(O[C@@H]3C[C@H]4C(=O)N[C@]5(C(=O)O)C[C@H]5/C=C\CCCCC[C@H](NC(=O)OC(C)(C)C)C(=O)N4C3)c3sccc3n2)no1. The summed E-state index contributed by atoms with van der Waals surface area (Å²) in [5.74, 6) is -1.39. The van der Waals surface area contributed by atoms with E-state index in [1.54, 1.807) is 33.8 Å². The first kappa shape index (κ1) is 33.4. The Bertz CT molecular complexity index is 1750. The first-order valence-electron chi connectivity index (χ1n) is 16.2. The molecule has 0 unspecified atom stereocenters. The second kappa shape index (κ2) is 13.2. The number of aryl methyl sites for hydroxylation is 1. The van der Waals surface area contributed by atoms with E-state index >= 15 is 0 Å². The van der Waals surface area contributed by atoms with Gasteiger partial charge in [0.2, 0.25) is 17.7 Å². The highest BCUT2D eigenvalue weighted by Gasteiger charge is 2.61. The monoisotopic (exact) mass is 680 g/mol. The molecule has 2 aliphatic heterocycles. The minimum atomic E-state index is -1.45. The van der Waals surface area contributed by atoms with Crippen molar-refractivity contribution in [1.29, 1.82) is 0 Å². The number of allylic oxidation sites excluding steroid dienone is 1. The molecule has 15 heteroatoms. The highest BCUT2D eigenvalue weighted by Crippen LogP contribution is 2.45. The summed E-state index contributed by atoms with van der Waals surface area (Å²) < 4.78 is 17.8. The summed E-state index contributed by atoms with van der Waals surface area (Å²) in [6.07, 6.45) is 6.07. The van der Waals surface area contributed by atoms with Gasteiger partial charge in [-0.25, -0.2) is 14.6 Å². The van der Waals surface area contributed by atoms with Crippen molar-refractivity contribution < 1.29 is 38.3 Å². The van der Waals surface area contributed by atoms with E-state index in [2.05, 4.69) is 25.8 Å². The molecule has 48 heavy (non-hydrogen) atoms. The van der Waals surface area contributed by atoms with Crippen LogP contribution in [0.15, 0.2) is 34.2 Å². The normalized spacial score (nSPS) is 27.2. The molecule has 5 heterocycles. The minimum absolute atomic E-state index is 0.00208. The summed E-state index contributed by atoms with van der Waals surface area (Å²) in [5, 5.41) is 21.5. The van der Waals surface area contributed by atoms with Gasteiger partial charge < -0.3 is 34.6 Å². The number of amides is 3. The van der Waals surface area contributed by atoms with Crippen LogP contribution in [0, 0.1) is 12.8 Å². The van der Waals surface area contributed by atoms with Gasteiger partial charge >= 0.3 is 12.1 Å². The number of fused-ring (bicyclic) bond motifs is 3. The lowest BCUT2D eigenvalue weighted by Gasteiger charge is -2.30. The van der Waals surface area contributed by atoms with Crippen molar-refractivity contribution in [2.75, 3.05) is 6.54 Å². The molecule has 3 amide bonds. The van der Waals surface area contributed by atoms with Crippen LogP contribution in [0.5, 0.6) is 5.88 Å². The van der Waals surface area contributed by atoms with E-state index in [-0.39, 0.29) is 31.2 Å². The molecule has 1 aliphatic carbocycles. The van der Waals surface area contributed by atoms with Crippen LogP contribution in [0.4, 0.5) is 4.79 Å². The zero-order valence-electron chi connectivity index (χ0n) is 27.4. The first-order chi connectivity index (χ1) is 22.8. The molecule has 3 N–H and O–H groups in total. The third-order valence-electron chi connectivity index (χ3n) is 8.72. The van der Waals surface area contributed by atoms with Crippen molar-refractivity contribution in [3.63, 3.8) is 0 Å². The zero-order valence-corrected chi connectivity index (χ0v) is 28.2. The molecule has 5 atom stereocenters. The molecule has 3 aromatic heterocycles. The lowest BCUT2D eigenvalue weighted by Crippen LogP contribution is -2.56. The number of ether oxygens (including phenoxy) is 2. The molecular weight excluding hydrogens is 640 g/mol. The fourth-order valence-electron chi connectivity index (χ4n) is 6.26. The fraction of sp³-hybridized carbons (Fsp3) is 0.545. The number of carboxylic acid groups (broad SMARTS) is 1. The van der Waals surface area contributed by atoms with E-state index in [1.807, 2.05) is 23.6 Å². The molecule has 1 saturated heterocycles. The Balaban J connectivity index is 1.31. The van der Waals surface area contributed by atoms with Crippen molar-refractivity contribution in [3.8, 4) is 17.4 Å². The number of carbonyl (C=O) groups excluding carboxylic acids is 3. The Hall–Kier alpha value is -4.53. The summed E-state index contributed by atoms with van der Waals surface area (Å²) in [7, 11) is 0. The Kier molecular flexibility index (Phi) is 9.16. The number of nitrogens with zero attached hydrogens (tertiary/aromatic N) is 4. The Labute approximate surface area is 281 Å². The topological polar surface area (TPSA) is 186 Å². The molecule has 0 aromatic carbocycles. The van der Waals surface area contributed by atoms with Gasteiger partial charge in [-0.1, -0.05) is 30.2 Å². The molecule has 14 nitrogen and oxygen atoms in total. The van der Waals surface area contributed by atoms with Crippen LogP contribution >= 0.6 is 11.3 Å². The van der Waals surface area contributed by atoms with Crippen molar-refractivity contribution in [3.05, 3.63) is 35.4 Å². The third kappa shape index (κ3) is 7.15. The second-order valence-electron chi connectivity index (χ2n) is 13.6. The summed E-state index contributed by atoms with van der Waals surface area (Å²) >= 11 is 1.39. The summed E-state index contributed by atoms with van der Waals surface area (Å²) in [4.78, 5) is 64.1. The van der Waals surface area contributed by atoms with Gasteiger partial charge in [0.15, 0.2) is 11.5 Å². The van der Waals surface area contributed by atoms with Crippen LogP contribution in [0.1, 0.15) is 71.5 Å². The van der Waals surface area contributed by atoms with Gasteiger partial charge in [0, 0.05) is 18.4 Å². The highest BCUT2D eigenvalue weighted by molar-refractivity contribution is 7.17. The molecule has 0 bridgehead atoms. The number of hydrogen-bond donors (Lipinski definition) is 3. The zero-order chi connectivity index (χ0) is 34.2. The van der Waals surface area contributed by atoms with Crippen LogP contribution in [-0.2, 0) is 19.1 Å². The highest BCUT2D eigenvalue weighted by atomic mass is 32.1. The summed E-state index contributed by atoms with van der Waals surface area (Å²) in [6, 6.07) is 1.51. The predicted octanol–water partition coefficient (Wildman–Crippen LogP) is 4.38. The maximum absolute atomic E-state index is 14.3. The molecule has 2 fully saturated rings. The number of aliphatic carboxylic acids is 1. The van der Waals surface area contributed by atoms with E-state index in [0.717, 1.165) is 19.3 Å². The lowest BCUT2D eigenvalue weighted by atomic mass is 10.0. The predicted molar refractivity (Wildman–Crippen MR) is 174 cm³/mol. The van der Waals surface area contributed by atoms with Gasteiger partial charge in [0.1, 0.15) is 39.8 Å². The molecule has 6 rings (SSSR count). The number of nitrogens with one attached hydrogen (secondary N) is 2. The maximum atomic E-state index is 14.3. The number of thiophene rings is 1. The van der Waals surface area contributed by atoms with Crippen molar-refractivity contribution in [2.45, 2.75) is 102 Å². The first-order valence-corrected chi connectivity index (χ1v) is 17.1. The standard InChI is InChI=1S/C33H40N6O8S/c1-18-14-23(38-47-18)26-34-21-12-13-48-25(21)28(36-26)45-20-15-24-27(40)37-33(30(42)43)16-19(33)10-8-6-5-7-9-11-22(29(41)39(24)17-20)35-31(44)46-32(2,3)4/h8,10,12-14,19-20,22,24H,5-7,9,11,15-17H2,1-4H3,(H,35,44)(H,37,40)(H,42,43)/b10-8-/t19-,20-,22+,24+,33-/m1/s1. The van der Waals surface area contributed by atoms with Crippen LogP contribution in [0.2, 0.25) is 0 Å². The van der Waals surface area contributed by atoms with E-state index in [9.17, 15) is 24.3 Å². The largest absolute Gasteiger partial charge is 0.479 e. The maximum Gasteiger partial charge on any atom is 0.408 e. The van der Waals surface area contributed by atoms with Gasteiger partial charge in [0.25, 0.3) is 0 Å². The molecule has 0 radical (unpaired) electrons. The van der Waals surface area contributed by atoms with Crippen molar-refractivity contribution >= 4 is 45.4 Å². The Morgan fingerprint density at radius 1 is 1.21 bits per heavy atom. The molecule has 3 aromatic rings. The summed E-state index contributed by atoms with van der Waals surface area (Å²) in [5.41, 5.74) is -1.16. The van der Waals surface area contributed by atoms with Crippen LogP contribution < -0.4 is 15.4 Å². The molecule has 0 spiro atoms. The van der Waals surface area contributed by atoms with Gasteiger partial charge in [-0.05, 0) is 64.8 Å². The number of rotatable bonds is 5. The quantitative estimate of drug-likeness (QED) is 0.325. The summed E-state index contributed by atoms with van der Waals surface area (Å²) in [6.45, 7) is 6.96. The average Bonchev–Trinajstić information content (AvgIpc) is 3.40. The smallest absolute Gasteiger partial charge is 0.408 e. The van der Waals surface area contributed by atoms with Gasteiger partial charge in [-0.3, -0.25) is 9.59 Å². The minimum Gasteiger partial charge on any atom is -0.479 e. The number of alkyl carbamates (subject to hydrolysis) is 1. The average molecular weight is 681 g/mol. The molecule has 256 valence electrons. The van der Waals surface area contributed by atoms with E-state index in [0.29, 0.717) is 40.3 Å². The number of carbonyl (C=O) groups is 4. The number of hydrogen-bond acceptors (Lipinski definition) is 11. The molecule has 3 aliphatic rings. The second-order valence-corrected chi connectivity index (χ2v) is 14.5. The molecule has 1 saturated carbocycles.